The third-order valence-corrected chi connectivity index (χ3v) is 3.03. The topological polar surface area (TPSA) is 59.1 Å². The maximum atomic E-state index is 12.1. The largest absolute Gasteiger partial charge is 0.458 e. The van der Waals surface area contributed by atoms with E-state index in [0.29, 0.717) is 6.32 Å². The molecule has 1 fully saturated rings. The zero-order chi connectivity index (χ0) is 14.6. The maximum Gasteiger partial charge on any atom is 0.458 e. The first-order chi connectivity index (χ1) is 8.88. The van der Waals surface area contributed by atoms with Gasteiger partial charge in [0.2, 0.25) is 0 Å². The molecule has 6 nitrogen and oxygen atoms in total. The number of amides is 2. The Hall–Kier alpha value is -1.08. The molecule has 108 valence electrons. The van der Waals surface area contributed by atoms with Crippen molar-refractivity contribution in [3.8, 4) is 0 Å². The number of unbranched alkanes of at least 4 members (excludes halogenated alkanes) is 1. The Labute approximate surface area is 115 Å². The average Bonchev–Trinajstić information content (AvgIpc) is 2.77. The molecule has 1 unspecified atom stereocenters. The van der Waals surface area contributed by atoms with Crippen LogP contribution in [0.4, 0.5) is 0 Å². The van der Waals surface area contributed by atoms with Crippen LogP contribution >= 0.6 is 0 Å². The minimum atomic E-state index is -0.841. The van der Waals surface area contributed by atoms with E-state index in [1.54, 1.807) is 28.2 Å². The van der Waals surface area contributed by atoms with Gasteiger partial charge in [0.25, 0.3) is 11.8 Å². The zero-order valence-corrected chi connectivity index (χ0v) is 12.4. The van der Waals surface area contributed by atoms with Crippen molar-refractivity contribution in [2.75, 3.05) is 28.2 Å². The molecule has 19 heavy (non-hydrogen) atoms. The van der Waals surface area contributed by atoms with Crippen LogP contribution in [0, 0.1) is 0 Å². The van der Waals surface area contributed by atoms with E-state index in [1.165, 1.54) is 9.80 Å². The molecule has 1 aliphatic heterocycles. The lowest BCUT2D eigenvalue weighted by Gasteiger charge is -2.22. The molecule has 0 aliphatic carbocycles. The Morgan fingerprint density at radius 1 is 1.00 bits per heavy atom. The van der Waals surface area contributed by atoms with Crippen LogP contribution in [0.3, 0.4) is 0 Å². The van der Waals surface area contributed by atoms with Crippen LogP contribution in [0.15, 0.2) is 0 Å². The van der Waals surface area contributed by atoms with Gasteiger partial charge in [0.15, 0.2) is 12.2 Å². The fraction of sp³-hybridized carbons (Fsp3) is 0.833. The number of hydrogen-bond acceptors (Lipinski definition) is 4. The summed E-state index contributed by atoms with van der Waals surface area (Å²) in [6.45, 7) is 2.07. The molecule has 0 bridgehead atoms. The first kappa shape index (κ1) is 16.0. The molecule has 1 aliphatic rings. The molecule has 0 aromatic heterocycles. The van der Waals surface area contributed by atoms with Crippen LogP contribution in [0.5, 0.6) is 0 Å². The molecule has 2 atom stereocenters. The van der Waals surface area contributed by atoms with Crippen molar-refractivity contribution in [1.29, 1.82) is 0 Å². The van der Waals surface area contributed by atoms with Crippen molar-refractivity contribution in [2.24, 2.45) is 0 Å². The molecule has 0 spiro atoms. The van der Waals surface area contributed by atoms with Gasteiger partial charge in [-0.3, -0.25) is 9.59 Å². The molecular formula is C12H23BN2O4. The summed E-state index contributed by atoms with van der Waals surface area (Å²) in [6, 6.07) is 0. The van der Waals surface area contributed by atoms with Crippen molar-refractivity contribution in [3.05, 3.63) is 0 Å². The van der Waals surface area contributed by atoms with E-state index < -0.39 is 19.3 Å². The number of carbonyl (C=O) groups is 2. The number of nitrogens with zero attached hydrogens (tertiary/aromatic N) is 2. The summed E-state index contributed by atoms with van der Waals surface area (Å²) in [4.78, 5) is 26.9. The summed E-state index contributed by atoms with van der Waals surface area (Å²) in [5.41, 5.74) is 0. The van der Waals surface area contributed by atoms with E-state index in [9.17, 15) is 9.59 Å². The van der Waals surface area contributed by atoms with Crippen LogP contribution in [0.2, 0.25) is 6.32 Å². The van der Waals surface area contributed by atoms with Crippen LogP contribution in [0.25, 0.3) is 0 Å². The van der Waals surface area contributed by atoms with Crippen LogP contribution in [-0.4, -0.2) is 69.1 Å². The number of likely N-dealkylation sites (N-methyl/N-ethyl adjacent to an activating group) is 2. The van der Waals surface area contributed by atoms with Crippen LogP contribution in [-0.2, 0) is 18.9 Å². The second kappa shape index (κ2) is 6.91. The zero-order valence-electron chi connectivity index (χ0n) is 12.4. The van der Waals surface area contributed by atoms with Gasteiger partial charge < -0.3 is 19.1 Å². The van der Waals surface area contributed by atoms with E-state index in [-0.39, 0.29) is 11.8 Å². The Balaban J connectivity index is 2.78. The lowest BCUT2D eigenvalue weighted by Crippen LogP contribution is -2.47. The highest BCUT2D eigenvalue weighted by Crippen LogP contribution is 2.23. The van der Waals surface area contributed by atoms with Gasteiger partial charge in [-0.25, -0.2) is 0 Å². The molecular weight excluding hydrogens is 247 g/mol. The van der Waals surface area contributed by atoms with Crippen molar-refractivity contribution in [3.63, 3.8) is 0 Å². The van der Waals surface area contributed by atoms with E-state index in [4.69, 9.17) is 9.31 Å². The Bertz CT molecular complexity index is 308. The van der Waals surface area contributed by atoms with Crippen LogP contribution in [0.1, 0.15) is 19.8 Å². The third kappa shape index (κ3) is 3.94. The number of hydrogen-bond donors (Lipinski definition) is 0. The van der Waals surface area contributed by atoms with E-state index in [1.807, 2.05) is 0 Å². The summed E-state index contributed by atoms with van der Waals surface area (Å²) in [6.07, 6.45) is 0.974. The standard InChI is InChI=1S/C12H23BN2O4/c1-6-7-8-13-18-9(11(16)14(2)3)10(19-13)12(17)15(4)5/h9-10H,6-8H2,1-5H3/t9-,10?/m1/s1. The van der Waals surface area contributed by atoms with Crippen molar-refractivity contribution in [2.45, 2.75) is 38.3 Å². The van der Waals surface area contributed by atoms with Gasteiger partial charge in [0, 0.05) is 28.2 Å². The predicted molar refractivity (Wildman–Crippen MR) is 72.6 cm³/mol. The molecule has 0 N–H and O–H groups in total. The highest BCUT2D eigenvalue weighted by Gasteiger charge is 2.47. The molecule has 0 aromatic rings. The predicted octanol–water partition coefficient (Wildman–Crippen LogP) is 0.235. The molecule has 1 heterocycles. The van der Waals surface area contributed by atoms with Gasteiger partial charge in [-0.05, 0) is 6.32 Å². The second-order valence-corrected chi connectivity index (χ2v) is 5.15. The van der Waals surface area contributed by atoms with Gasteiger partial charge in [-0.15, -0.1) is 0 Å². The quantitative estimate of drug-likeness (QED) is 0.671. The van der Waals surface area contributed by atoms with Crippen molar-refractivity contribution in [1.82, 2.24) is 9.80 Å². The second-order valence-electron chi connectivity index (χ2n) is 5.15. The summed E-state index contributed by atoms with van der Waals surface area (Å²) in [5, 5.41) is 0. The van der Waals surface area contributed by atoms with E-state index in [2.05, 4.69) is 6.92 Å². The minimum Gasteiger partial charge on any atom is -0.397 e. The fourth-order valence-corrected chi connectivity index (χ4v) is 1.89. The molecule has 0 aromatic carbocycles. The average molecular weight is 270 g/mol. The number of carbonyl (C=O) groups excluding carboxylic acids is 2. The van der Waals surface area contributed by atoms with Gasteiger partial charge in [-0.2, -0.15) is 0 Å². The fourth-order valence-electron chi connectivity index (χ4n) is 1.89. The highest BCUT2D eigenvalue weighted by molar-refractivity contribution is 6.46. The first-order valence-electron chi connectivity index (χ1n) is 6.61. The molecule has 0 radical (unpaired) electrons. The molecule has 7 heteroatoms. The van der Waals surface area contributed by atoms with Crippen LogP contribution < -0.4 is 0 Å². The first-order valence-corrected chi connectivity index (χ1v) is 6.61. The lowest BCUT2D eigenvalue weighted by molar-refractivity contribution is -0.146. The SMILES string of the molecule is CCCCB1OC(C(=O)N(C)C)[C@H](C(=O)N(C)C)O1. The molecule has 0 saturated carbocycles. The maximum absolute atomic E-state index is 12.1. The summed E-state index contributed by atoms with van der Waals surface area (Å²) in [5.74, 6) is -0.474. The molecule has 1 rings (SSSR count). The number of rotatable bonds is 5. The summed E-state index contributed by atoms with van der Waals surface area (Å²) >= 11 is 0. The van der Waals surface area contributed by atoms with E-state index in [0.717, 1.165) is 12.8 Å². The minimum absolute atomic E-state index is 0.237. The van der Waals surface area contributed by atoms with Crippen molar-refractivity contribution < 1.29 is 18.9 Å². The van der Waals surface area contributed by atoms with Gasteiger partial charge >= 0.3 is 7.12 Å². The smallest absolute Gasteiger partial charge is 0.397 e. The Morgan fingerprint density at radius 2 is 1.42 bits per heavy atom. The molecule has 1 saturated heterocycles. The summed E-state index contributed by atoms with van der Waals surface area (Å²) < 4.78 is 11.2. The highest BCUT2D eigenvalue weighted by atomic mass is 16.7. The van der Waals surface area contributed by atoms with Crippen molar-refractivity contribution >= 4 is 18.9 Å². The lowest BCUT2D eigenvalue weighted by atomic mass is 9.83. The Kier molecular flexibility index (Phi) is 5.81. The normalized spacial score (nSPS) is 22.5. The third-order valence-electron chi connectivity index (χ3n) is 3.03. The van der Waals surface area contributed by atoms with Gasteiger partial charge in [-0.1, -0.05) is 19.8 Å². The molecule has 2 amide bonds. The monoisotopic (exact) mass is 270 g/mol. The summed E-state index contributed by atoms with van der Waals surface area (Å²) in [7, 11) is 6.09. The van der Waals surface area contributed by atoms with E-state index >= 15 is 0 Å². The van der Waals surface area contributed by atoms with Gasteiger partial charge in [0.05, 0.1) is 0 Å². The Morgan fingerprint density at radius 3 is 1.74 bits per heavy atom. The van der Waals surface area contributed by atoms with Gasteiger partial charge in [0.1, 0.15) is 0 Å².